The highest BCUT2D eigenvalue weighted by atomic mass is 32.2. The Kier molecular flexibility index (Phi) is 5.36. The molecule has 10 heteroatoms. The first kappa shape index (κ1) is 19.2. The Labute approximate surface area is 154 Å². The lowest BCUT2D eigenvalue weighted by molar-refractivity contribution is -0.161. The number of H-pyrrole nitrogens is 1. The van der Waals surface area contributed by atoms with Crippen LogP contribution in [0.25, 0.3) is 0 Å². The molecule has 1 amide bonds. The number of hydrogen-bond donors (Lipinski definition) is 1. The van der Waals surface area contributed by atoms with Gasteiger partial charge in [0.05, 0.1) is 6.26 Å². The van der Waals surface area contributed by atoms with Gasteiger partial charge in [-0.2, -0.15) is 5.10 Å². The number of amides is 1. The molecule has 3 rings (SSSR count). The monoisotopic (exact) mass is 385 g/mol. The molecule has 1 unspecified atom stereocenters. The molecule has 2 fully saturated rings. The largest absolute Gasteiger partial charge is 0.368 e. The molecule has 2 aliphatic heterocycles. The molecule has 9 nitrogen and oxygen atoms in total. The molecule has 0 radical (unpaired) electrons. The van der Waals surface area contributed by atoms with Crippen molar-refractivity contribution in [3.8, 4) is 0 Å². The van der Waals surface area contributed by atoms with E-state index < -0.39 is 15.6 Å². The van der Waals surface area contributed by atoms with Crippen molar-refractivity contribution < 1.29 is 17.9 Å². The molecule has 1 aromatic rings. The summed E-state index contributed by atoms with van der Waals surface area (Å²) < 4.78 is 30.5. The van der Waals surface area contributed by atoms with E-state index in [1.165, 1.54) is 17.7 Å². The summed E-state index contributed by atoms with van der Waals surface area (Å²) >= 11 is 0. The maximum atomic E-state index is 13.2. The van der Waals surface area contributed by atoms with Crippen LogP contribution in [0.15, 0.2) is 0 Å². The second-order valence-electron chi connectivity index (χ2n) is 7.23. The number of nitrogens with one attached hydrogen (secondary N) is 1. The number of nitrogens with zero attached hydrogens (tertiary/aromatic N) is 4. The highest BCUT2D eigenvalue weighted by Crippen LogP contribution is 2.32. The zero-order valence-corrected chi connectivity index (χ0v) is 16.4. The summed E-state index contributed by atoms with van der Waals surface area (Å²) in [6.45, 7) is 3.71. The van der Waals surface area contributed by atoms with Gasteiger partial charge in [-0.3, -0.25) is 9.89 Å². The number of rotatable bonds is 4. The van der Waals surface area contributed by atoms with E-state index in [9.17, 15) is 13.2 Å². The minimum Gasteiger partial charge on any atom is -0.368 e. The van der Waals surface area contributed by atoms with Crippen LogP contribution in [0.2, 0.25) is 0 Å². The Morgan fingerprint density at radius 1 is 1.31 bits per heavy atom. The van der Waals surface area contributed by atoms with Crippen LogP contribution in [0.5, 0.6) is 0 Å². The molecule has 1 atom stereocenters. The number of sulfonamides is 1. The minimum atomic E-state index is -3.24. The van der Waals surface area contributed by atoms with Gasteiger partial charge in [0, 0.05) is 39.2 Å². The number of aryl methyl sites for hydroxylation is 1. The van der Waals surface area contributed by atoms with Crippen LogP contribution >= 0.6 is 0 Å². The molecule has 2 saturated heterocycles. The van der Waals surface area contributed by atoms with Gasteiger partial charge >= 0.3 is 0 Å². The molecule has 26 heavy (non-hydrogen) atoms. The Morgan fingerprint density at radius 2 is 2.00 bits per heavy atom. The first-order valence-corrected chi connectivity index (χ1v) is 10.8. The summed E-state index contributed by atoms with van der Waals surface area (Å²) in [6.07, 6.45) is 3.78. The maximum Gasteiger partial charge on any atom is 0.254 e. The van der Waals surface area contributed by atoms with Crippen molar-refractivity contribution in [2.24, 2.45) is 0 Å². The molecular weight excluding hydrogens is 358 g/mol. The average Bonchev–Trinajstić information content (AvgIpc) is 3.07. The summed E-state index contributed by atoms with van der Waals surface area (Å²) in [5.74, 6) is 1.58. The van der Waals surface area contributed by atoms with E-state index in [0.717, 1.165) is 24.5 Å². The number of likely N-dealkylation sites (tertiary alicyclic amines) is 1. The number of carbonyl (C=O) groups is 1. The normalized spacial score (nSPS) is 24.6. The molecule has 1 aromatic heterocycles. The first-order valence-electron chi connectivity index (χ1n) is 8.94. The van der Waals surface area contributed by atoms with Crippen LogP contribution in [0, 0.1) is 6.92 Å². The van der Waals surface area contributed by atoms with Crippen molar-refractivity contribution in [1.29, 1.82) is 0 Å². The van der Waals surface area contributed by atoms with E-state index >= 15 is 0 Å². The van der Waals surface area contributed by atoms with Gasteiger partial charge in [0.1, 0.15) is 11.4 Å². The van der Waals surface area contributed by atoms with Gasteiger partial charge in [0.25, 0.3) is 5.91 Å². The molecule has 3 heterocycles. The van der Waals surface area contributed by atoms with Crippen LogP contribution < -0.4 is 0 Å². The van der Waals surface area contributed by atoms with Crippen LogP contribution in [-0.4, -0.2) is 83.9 Å². The van der Waals surface area contributed by atoms with Gasteiger partial charge in [-0.25, -0.2) is 17.7 Å². The number of hydrogen-bond acceptors (Lipinski definition) is 6. The third-order valence-corrected chi connectivity index (χ3v) is 6.77. The topological polar surface area (TPSA) is 108 Å². The lowest BCUT2D eigenvalue weighted by Gasteiger charge is -2.43. The summed E-state index contributed by atoms with van der Waals surface area (Å²) in [4.78, 5) is 19.5. The summed E-state index contributed by atoms with van der Waals surface area (Å²) in [6, 6.07) is 0. The lowest BCUT2D eigenvalue weighted by Crippen LogP contribution is -2.58. The van der Waals surface area contributed by atoms with Gasteiger partial charge in [0.2, 0.25) is 10.0 Å². The van der Waals surface area contributed by atoms with Crippen molar-refractivity contribution in [3.63, 3.8) is 0 Å². The number of carbonyl (C=O) groups excluding carboxylic acids is 1. The Hall–Kier alpha value is -1.52. The second kappa shape index (κ2) is 7.24. The number of piperidine rings is 2. The van der Waals surface area contributed by atoms with E-state index in [-0.39, 0.29) is 11.8 Å². The summed E-state index contributed by atoms with van der Waals surface area (Å²) in [5, 5.41) is 7.10. The quantitative estimate of drug-likeness (QED) is 0.796. The number of aromatic nitrogens is 3. The van der Waals surface area contributed by atoms with Gasteiger partial charge in [0.15, 0.2) is 5.82 Å². The number of aromatic amines is 1. The molecule has 0 aliphatic carbocycles. The van der Waals surface area contributed by atoms with E-state index in [2.05, 4.69) is 15.2 Å². The smallest absolute Gasteiger partial charge is 0.254 e. The fourth-order valence-electron chi connectivity index (χ4n) is 3.89. The van der Waals surface area contributed by atoms with E-state index in [0.29, 0.717) is 39.0 Å². The van der Waals surface area contributed by atoms with Crippen molar-refractivity contribution in [3.05, 3.63) is 11.6 Å². The van der Waals surface area contributed by atoms with E-state index in [1.54, 1.807) is 0 Å². The van der Waals surface area contributed by atoms with Gasteiger partial charge in [-0.1, -0.05) is 0 Å². The molecule has 0 aromatic carbocycles. The average molecular weight is 385 g/mol. The van der Waals surface area contributed by atoms with Crippen LogP contribution in [-0.2, 0) is 19.6 Å². The fraction of sp³-hybridized carbons (Fsp3) is 0.812. The first-order chi connectivity index (χ1) is 12.2. The van der Waals surface area contributed by atoms with Crippen molar-refractivity contribution >= 4 is 15.9 Å². The Morgan fingerprint density at radius 3 is 2.54 bits per heavy atom. The second-order valence-corrected chi connectivity index (χ2v) is 9.21. The van der Waals surface area contributed by atoms with Crippen LogP contribution in [0.1, 0.15) is 43.3 Å². The van der Waals surface area contributed by atoms with Crippen molar-refractivity contribution in [1.82, 2.24) is 24.4 Å². The molecule has 0 spiro atoms. The van der Waals surface area contributed by atoms with E-state index in [4.69, 9.17) is 4.74 Å². The molecular formula is C16H27N5O4S. The zero-order chi connectivity index (χ0) is 18.9. The molecule has 2 aliphatic rings. The van der Waals surface area contributed by atoms with Crippen molar-refractivity contribution in [2.75, 3.05) is 39.5 Å². The Bertz CT molecular complexity index is 754. The summed E-state index contributed by atoms with van der Waals surface area (Å²) in [5.41, 5.74) is -0.946. The SMILES string of the molecule is COC1(C(=O)N2CCCC(c3n[nH]c(C)n3)C2)CCN(S(C)(=O)=O)CC1. The molecule has 0 bridgehead atoms. The third-order valence-electron chi connectivity index (χ3n) is 5.47. The van der Waals surface area contributed by atoms with Crippen molar-refractivity contribution in [2.45, 2.75) is 44.1 Å². The highest BCUT2D eigenvalue weighted by Gasteiger charge is 2.46. The fourth-order valence-corrected chi connectivity index (χ4v) is 4.73. The van der Waals surface area contributed by atoms with Gasteiger partial charge < -0.3 is 9.64 Å². The maximum absolute atomic E-state index is 13.2. The van der Waals surface area contributed by atoms with E-state index in [1.807, 2.05) is 11.8 Å². The van der Waals surface area contributed by atoms with Gasteiger partial charge in [-0.15, -0.1) is 0 Å². The van der Waals surface area contributed by atoms with Crippen LogP contribution in [0.4, 0.5) is 0 Å². The number of methoxy groups -OCH3 is 1. The zero-order valence-electron chi connectivity index (χ0n) is 15.6. The standard InChI is InChI=1S/C16H27N5O4S/c1-12-17-14(19-18-12)13-5-4-8-20(11-13)15(22)16(25-2)6-9-21(10-7-16)26(3,23)24/h13H,4-11H2,1-3H3,(H,17,18,19). The summed E-state index contributed by atoms with van der Waals surface area (Å²) in [7, 11) is -1.71. The number of ether oxygens (including phenoxy) is 1. The lowest BCUT2D eigenvalue weighted by atomic mass is 9.88. The third kappa shape index (κ3) is 3.77. The Balaban J connectivity index is 1.70. The predicted octanol–water partition coefficient (Wildman–Crippen LogP) is 0.260. The molecule has 0 saturated carbocycles. The predicted molar refractivity (Wildman–Crippen MR) is 95.1 cm³/mol. The minimum absolute atomic E-state index is 0.0508. The highest BCUT2D eigenvalue weighted by molar-refractivity contribution is 7.88. The molecule has 146 valence electrons. The van der Waals surface area contributed by atoms with Gasteiger partial charge in [-0.05, 0) is 32.6 Å². The molecule has 1 N–H and O–H groups in total. The van der Waals surface area contributed by atoms with Crippen LogP contribution in [0.3, 0.4) is 0 Å².